The number of rotatable bonds is 7. The topological polar surface area (TPSA) is 89.1 Å². The first kappa shape index (κ1) is 23.9. The highest BCUT2D eigenvalue weighted by molar-refractivity contribution is 14.0. The lowest BCUT2D eigenvalue weighted by molar-refractivity contribution is -0.124. The molecule has 0 saturated carbocycles. The second kappa shape index (κ2) is 11.7. The molecule has 2 saturated heterocycles. The summed E-state index contributed by atoms with van der Waals surface area (Å²) in [7, 11) is 2.20. The molecule has 1 aromatic rings. The number of imide groups is 1. The first-order chi connectivity index (χ1) is 13.6. The Morgan fingerprint density at radius 1 is 1.38 bits per heavy atom. The Hall–Kier alpha value is -1.40. The second-order valence-corrected chi connectivity index (χ2v) is 8.17. The van der Waals surface area contributed by atoms with E-state index in [-0.39, 0.29) is 42.5 Å². The van der Waals surface area contributed by atoms with Crippen LogP contribution in [-0.4, -0.2) is 74.0 Å². The largest absolute Gasteiger partial charge is 0.357 e. The van der Waals surface area contributed by atoms with E-state index in [0.717, 1.165) is 32.0 Å². The Morgan fingerprint density at radius 3 is 2.86 bits per heavy atom. The minimum absolute atomic E-state index is 0. The fourth-order valence-electron chi connectivity index (χ4n) is 3.88. The van der Waals surface area contributed by atoms with Gasteiger partial charge in [-0.25, -0.2) is 4.79 Å². The van der Waals surface area contributed by atoms with E-state index in [0.29, 0.717) is 25.0 Å². The summed E-state index contributed by atoms with van der Waals surface area (Å²) in [6, 6.07) is 4.42. The van der Waals surface area contributed by atoms with E-state index < -0.39 is 0 Å². The van der Waals surface area contributed by atoms with Crippen molar-refractivity contribution in [2.75, 3.05) is 46.3 Å². The summed E-state index contributed by atoms with van der Waals surface area (Å²) in [5.41, 5.74) is 0. The normalized spacial score (nSPS) is 23.0. The molecule has 0 radical (unpaired) electrons. The van der Waals surface area contributed by atoms with Crippen molar-refractivity contribution < 1.29 is 9.59 Å². The molecule has 8 nitrogen and oxygen atoms in total. The van der Waals surface area contributed by atoms with E-state index in [4.69, 9.17) is 4.99 Å². The second-order valence-electron chi connectivity index (χ2n) is 7.19. The van der Waals surface area contributed by atoms with Crippen LogP contribution >= 0.6 is 35.3 Å². The Kier molecular flexibility index (Phi) is 9.63. The Bertz CT molecular complexity index is 683. The van der Waals surface area contributed by atoms with Gasteiger partial charge < -0.3 is 16.0 Å². The summed E-state index contributed by atoms with van der Waals surface area (Å²) < 4.78 is 0. The van der Waals surface area contributed by atoms with Crippen LogP contribution in [0.1, 0.15) is 30.7 Å². The Balaban J connectivity index is 0.00000300. The van der Waals surface area contributed by atoms with Gasteiger partial charge in [-0.15, -0.1) is 35.3 Å². The van der Waals surface area contributed by atoms with Gasteiger partial charge in [-0.2, -0.15) is 0 Å². The minimum atomic E-state index is -0.322. The average molecular weight is 534 g/mol. The molecule has 0 aliphatic carbocycles. The maximum Gasteiger partial charge on any atom is 0.324 e. The minimum Gasteiger partial charge on any atom is -0.357 e. The van der Waals surface area contributed by atoms with Gasteiger partial charge >= 0.3 is 6.03 Å². The number of nitrogens with zero attached hydrogens (tertiary/aromatic N) is 3. The third kappa shape index (κ3) is 6.29. The molecule has 2 atom stereocenters. The van der Waals surface area contributed by atoms with Gasteiger partial charge in [0.1, 0.15) is 0 Å². The van der Waals surface area contributed by atoms with Gasteiger partial charge in [0.2, 0.25) is 5.91 Å². The Morgan fingerprint density at radius 2 is 2.21 bits per heavy atom. The molecule has 0 bridgehead atoms. The standard InChI is InChI=1S/C19H30N6O2S.HI/c1-3-20-18(21-8-10-25-16(26)13-23-19(25)27)22-12-14-6-4-9-24(2)17(14)15-7-5-11-28-15;/h5,7,11,14,17H,3-4,6,8-10,12-13H2,1-2H3,(H,23,27)(H2,20,21,22);1H. The molecule has 2 aliphatic rings. The van der Waals surface area contributed by atoms with Crippen LogP contribution in [0.4, 0.5) is 4.79 Å². The van der Waals surface area contributed by atoms with Crippen LogP contribution in [0, 0.1) is 5.92 Å². The lowest BCUT2D eigenvalue weighted by Gasteiger charge is -2.38. The zero-order valence-electron chi connectivity index (χ0n) is 17.0. The van der Waals surface area contributed by atoms with Crippen molar-refractivity contribution in [3.8, 4) is 0 Å². The van der Waals surface area contributed by atoms with Crippen molar-refractivity contribution in [3.05, 3.63) is 22.4 Å². The molecule has 0 spiro atoms. The van der Waals surface area contributed by atoms with Gasteiger partial charge in [0.15, 0.2) is 5.96 Å². The SMILES string of the molecule is CCNC(=NCC1CCCN(C)C1c1cccs1)NCCN1C(=O)CNC1=O.I. The number of halogens is 1. The summed E-state index contributed by atoms with van der Waals surface area (Å²) in [6.07, 6.45) is 2.35. The molecule has 2 unspecified atom stereocenters. The molecule has 0 aromatic carbocycles. The van der Waals surface area contributed by atoms with E-state index in [1.54, 1.807) is 0 Å². The first-order valence-electron chi connectivity index (χ1n) is 9.94. The van der Waals surface area contributed by atoms with E-state index >= 15 is 0 Å². The first-order valence-corrected chi connectivity index (χ1v) is 10.8. The average Bonchev–Trinajstić information content (AvgIpc) is 3.31. The third-order valence-electron chi connectivity index (χ3n) is 5.23. The summed E-state index contributed by atoms with van der Waals surface area (Å²) >= 11 is 1.81. The number of carbonyl (C=O) groups is 2. The van der Waals surface area contributed by atoms with Gasteiger partial charge in [-0.05, 0) is 50.7 Å². The molecular weight excluding hydrogens is 503 g/mol. The smallest absolute Gasteiger partial charge is 0.324 e. The van der Waals surface area contributed by atoms with Gasteiger partial charge in [-0.3, -0.25) is 19.6 Å². The number of urea groups is 1. The van der Waals surface area contributed by atoms with Crippen LogP contribution < -0.4 is 16.0 Å². The number of hydrogen-bond acceptors (Lipinski definition) is 5. The number of piperidine rings is 1. The molecule has 29 heavy (non-hydrogen) atoms. The molecule has 162 valence electrons. The summed E-state index contributed by atoms with van der Waals surface area (Å²) in [4.78, 5) is 33.2. The van der Waals surface area contributed by atoms with E-state index in [2.05, 4.69) is 45.4 Å². The number of nitrogens with one attached hydrogen (secondary N) is 3. The predicted molar refractivity (Wildman–Crippen MR) is 127 cm³/mol. The fourth-order valence-corrected chi connectivity index (χ4v) is 4.86. The number of carbonyl (C=O) groups excluding carboxylic acids is 2. The molecule has 3 amide bonds. The van der Waals surface area contributed by atoms with Gasteiger partial charge in [0.05, 0.1) is 6.54 Å². The van der Waals surface area contributed by atoms with E-state index in [9.17, 15) is 9.59 Å². The van der Waals surface area contributed by atoms with Crippen LogP contribution in [0.25, 0.3) is 0 Å². The molecule has 3 heterocycles. The maximum absolute atomic E-state index is 11.7. The van der Waals surface area contributed by atoms with Gasteiger partial charge in [0.25, 0.3) is 0 Å². The molecule has 2 fully saturated rings. The zero-order valence-corrected chi connectivity index (χ0v) is 20.2. The van der Waals surface area contributed by atoms with Crippen LogP contribution in [0.2, 0.25) is 0 Å². The monoisotopic (exact) mass is 534 g/mol. The third-order valence-corrected chi connectivity index (χ3v) is 6.18. The lowest BCUT2D eigenvalue weighted by Crippen LogP contribution is -2.44. The van der Waals surface area contributed by atoms with Crippen molar-refractivity contribution in [3.63, 3.8) is 0 Å². The highest BCUT2D eigenvalue weighted by Gasteiger charge is 2.31. The van der Waals surface area contributed by atoms with E-state index in [1.807, 2.05) is 18.3 Å². The van der Waals surface area contributed by atoms with Crippen LogP contribution in [0.5, 0.6) is 0 Å². The molecule has 10 heteroatoms. The number of guanidine groups is 1. The lowest BCUT2D eigenvalue weighted by atomic mass is 9.88. The number of amides is 3. The molecule has 1 aromatic heterocycles. The summed E-state index contributed by atoms with van der Waals surface area (Å²) in [5.74, 6) is 1.02. The molecular formula is C19H31IN6O2S. The van der Waals surface area contributed by atoms with Crippen molar-refractivity contribution in [2.45, 2.75) is 25.8 Å². The van der Waals surface area contributed by atoms with Gasteiger partial charge in [-0.1, -0.05) is 6.07 Å². The van der Waals surface area contributed by atoms with E-state index in [1.165, 1.54) is 16.2 Å². The number of thiophene rings is 1. The summed E-state index contributed by atoms with van der Waals surface area (Å²) in [6.45, 7) is 5.54. The summed E-state index contributed by atoms with van der Waals surface area (Å²) in [5, 5.41) is 11.2. The highest BCUT2D eigenvalue weighted by Crippen LogP contribution is 2.37. The molecule has 3 rings (SSSR count). The van der Waals surface area contributed by atoms with Crippen LogP contribution in [0.3, 0.4) is 0 Å². The van der Waals surface area contributed by atoms with Crippen molar-refractivity contribution in [1.29, 1.82) is 0 Å². The fraction of sp³-hybridized carbons (Fsp3) is 0.632. The number of hydrogen-bond donors (Lipinski definition) is 3. The van der Waals surface area contributed by atoms with Gasteiger partial charge in [0, 0.05) is 37.1 Å². The highest BCUT2D eigenvalue weighted by atomic mass is 127. The predicted octanol–water partition coefficient (Wildman–Crippen LogP) is 1.86. The Labute approximate surface area is 193 Å². The number of likely N-dealkylation sites (tertiary alicyclic amines) is 1. The van der Waals surface area contributed by atoms with Crippen molar-refractivity contribution in [1.82, 2.24) is 25.8 Å². The maximum atomic E-state index is 11.7. The molecule has 3 N–H and O–H groups in total. The van der Waals surface area contributed by atoms with Crippen LogP contribution in [0.15, 0.2) is 22.5 Å². The van der Waals surface area contributed by atoms with Crippen molar-refractivity contribution >= 4 is 53.2 Å². The molecule has 2 aliphatic heterocycles. The quantitative estimate of drug-likeness (QED) is 0.215. The van der Waals surface area contributed by atoms with Crippen molar-refractivity contribution in [2.24, 2.45) is 10.9 Å². The van der Waals surface area contributed by atoms with Crippen LogP contribution in [-0.2, 0) is 4.79 Å². The zero-order chi connectivity index (χ0) is 19.9. The number of aliphatic imine (C=N–C) groups is 1.